The van der Waals surface area contributed by atoms with E-state index in [-0.39, 0.29) is 25.2 Å². The first-order valence-electron chi connectivity index (χ1n) is 7.51. The lowest BCUT2D eigenvalue weighted by Crippen LogP contribution is -2.32. The molecule has 1 amide bonds. The van der Waals surface area contributed by atoms with Gasteiger partial charge in [0.15, 0.2) is 0 Å². The number of benzene rings is 1. The van der Waals surface area contributed by atoms with E-state index >= 15 is 0 Å². The summed E-state index contributed by atoms with van der Waals surface area (Å²) < 4.78 is 68.5. The largest absolute Gasteiger partial charge is 0.468 e. The zero-order chi connectivity index (χ0) is 19.4. The lowest BCUT2D eigenvalue weighted by atomic mass is 10.1. The van der Waals surface area contributed by atoms with Crippen molar-refractivity contribution >= 4 is 21.6 Å². The number of furan rings is 1. The number of amides is 1. The van der Waals surface area contributed by atoms with Gasteiger partial charge in [-0.2, -0.15) is 17.5 Å². The molecule has 2 rings (SSSR count). The number of halogens is 3. The average molecular weight is 390 g/mol. The fourth-order valence-corrected chi connectivity index (χ4v) is 3.00. The van der Waals surface area contributed by atoms with Gasteiger partial charge in [-0.3, -0.25) is 4.79 Å². The van der Waals surface area contributed by atoms with Gasteiger partial charge in [-0.15, -0.1) is 0 Å². The van der Waals surface area contributed by atoms with E-state index in [9.17, 15) is 26.4 Å². The molecule has 0 atom stereocenters. The highest BCUT2D eigenvalue weighted by molar-refractivity contribution is 7.88. The molecule has 0 aliphatic carbocycles. The summed E-state index contributed by atoms with van der Waals surface area (Å²) in [5.41, 5.74) is -1.34. The third kappa shape index (κ3) is 5.60. The first-order chi connectivity index (χ1) is 12.1. The molecular formula is C16H17F3N2O4S. The van der Waals surface area contributed by atoms with Crippen molar-refractivity contribution in [3.63, 3.8) is 0 Å². The minimum atomic E-state index is -4.61. The van der Waals surface area contributed by atoms with Crippen molar-refractivity contribution in [3.05, 3.63) is 54.0 Å². The van der Waals surface area contributed by atoms with Gasteiger partial charge in [-0.25, -0.2) is 8.42 Å². The molecule has 2 aromatic rings. The number of nitrogens with zero attached hydrogens (tertiary/aromatic N) is 1. The molecule has 0 saturated carbocycles. The van der Waals surface area contributed by atoms with E-state index in [0.29, 0.717) is 5.76 Å². The summed E-state index contributed by atoms with van der Waals surface area (Å²) in [5.74, 6) is -0.340. The first-order valence-corrected chi connectivity index (χ1v) is 9.36. The molecule has 0 radical (unpaired) electrons. The van der Waals surface area contributed by atoms with Crippen LogP contribution in [0.3, 0.4) is 0 Å². The third-order valence-corrected chi connectivity index (χ3v) is 4.73. The van der Waals surface area contributed by atoms with E-state index in [4.69, 9.17) is 4.42 Å². The minimum absolute atomic E-state index is 0.0712. The second-order valence-corrected chi connectivity index (χ2v) is 7.50. The maximum atomic E-state index is 12.9. The lowest BCUT2D eigenvalue weighted by Gasteiger charge is -2.19. The monoisotopic (exact) mass is 390 g/mol. The Balaban J connectivity index is 2.03. The van der Waals surface area contributed by atoms with Gasteiger partial charge in [0.25, 0.3) is 0 Å². The van der Waals surface area contributed by atoms with Crippen molar-refractivity contribution in [1.29, 1.82) is 0 Å². The number of alkyl halides is 3. The van der Waals surface area contributed by atoms with Crippen LogP contribution in [0, 0.1) is 0 Å². The van der Waals surface area contributed by atoms with Gasteiger partial charge in [0.1, 0.15) is 5.76 Å². The van der Waals surface area contributed by atoms with Crippen LogP contribution in [-0.2, 0) is 27.5 Å². The Morgan fingerprint density at radius 3 is 2.46 bits per heavy atom. The van der Waals surface area contributed by atoms with E-state index in [1.165, 1.54) is 18.4 Å². The molecular weight excluding hydrogens is 373 g/mol. The minimum Gasteiger partial charge on any atom is -0.468 e. The second kappa shape index (κ2) is 7.92. The van der Waals surface area contributed by atoms with Crippen LogP contribution in [0.25, 0.3) is 0 Å². The molecule has 0 bridgehead atoms. The second-order valence-electron chi connectivity index (χ2n) is 5.52. The molecule has 10 heteroatoms. The quantitative estimate of drug-likeness (QED) is 0.788. The molecule has 0 aliphatic heterocycles. The highest BCUT2D eigenvalue weighted by atomic mass is 32.2. The number of carbonyl (C=O) groups excluding carboxylic acids is 1. The molecule has 1 aromatic carbocycles. The summed E-state index contributed by atoms with van der Waals surface area (Å²) >= 11 is 0. The number of rotatable bonds is 7. The number of anilines is 1. The fourth-order valence-electron chi connectivity index (χ4n) is 2.22. The number of hydrogen-bond donors (Lipinski definition) is 1. The van der Waals surface area contributed by atoms with Gasteiger partial charge >= 0.3 is 6.18 Å². The third-order valence-electron chi connectivity index (χ3n) is 3.48. The molecule has 0 saturated heterocycles. The summed E-state index contributed by atoms with van der Waals surface area (Å²) in [6.07, 6.45) is -2.55. The van der Waals surface area contributed by atoms with Crippen LogP contribution in [0.4, 0.5) is 18.9 Å². The fraction of sp³-hybridized carbons (Fsp3) is 0.312. The van der Waals surface area contributed by atoms with Crippen LogP contribution in [0.5, 0.6) is 0 Å². The summed E-state index contributed by atoms with van der Waals surface area (Å²) in [6, 6.07) is 7.75. The highest BCUT2D eigenvalue weighted by Gasteiger charge is 2.33. The SMILES string of the molecule is CS(=O)(=O)N(CCC(=O)Nc1ccccc1C(F)(F)F)Cc1ccco1. The molecule has 1 aromatic heterocycles. The van der Waals surface area contributed by atoms with Crippen molar-refractivity contribution in [3.8, 4) is 0 Å². The first kappa shape index (κ1) is 20.0. The molecule has 0 spiro atoms. The molecule has 6 nitrogen and oxygen atoms in total. The van der Waals surface area contributed by atoms with E-state index in [1.54, 1.807) is 12.1 Å². The maximum absolute atomic E-state index is 12.9. The average Bonchev–Trinajstić information content (AvgIpc) is 3.03. The van der Waals surface area contributed by atoms with Crippen LogP contribution in [0.15, 0.2) is 47.1 Å². The van der Waals surface area contributed by atoms with Crippen LogP contribution in [-0.4, -0.2) is 31.4 Å². The van der Waals surface area contributed by atoms with E-state index < -0.39 is 27.7 Å². The molecule has 26 heavy (non-hydrogen) atoms. The highest BCUT2D eigenvalue weighted by Crippen LogP contribution is 2.34. The Bertz CT molecular complexity index is 849. The zero-order valence-electron chi connectivity index (χ0n) is 13.8. The summed E-state index contributed by atoms with van der Waals surface area (Å²) in [5, 5.41) is 2.18. The van der Waals surface area contributed by atoms with Crippen molar-refractivity contribution in [1.82, 2.24) is 4.31 Å². The van der Waals surface area contributed by atoms with Gasteiger partial charge in [-0.1, -0.05) is 12.1 Å². The van der Waals surface area contributed by atoms with Gasteiger partial charge in [-0.05, 0) is 24.3 Å². The summed E-state index contributed by atoms with van der Waals surface area (Å²) in [7, 11) is -3.63. The smallest absolute Gasteiger partial charge is 0.418 e. The summed E-state index contributed by atoms with van der Waals surface area (Å²) in [6.45, 7) is -0.266. The number of carbonyl (C=O) groups is 1. The molecule has 0 unspecified atom stereocenters. The van der Waals surface area contributed by atoms with Crippen LogP contribution in [0.2, 0.25) is 0 Å². The standard InChI is InChI=1S/C16H17F3N2O4S/c1-26(23,24)21(11-12-5-4-10-25-12)9-8-15(22)20-14-7-3-2-6-13(14)16(17,18)19/h2-7,10H,8-9,11H2,1H3,(H,20,22). The topological polar surface area (TPSA) is 79.6 Å². The van der Waals surface area contributed by atoms with E-state index in [0.717, 1.165) is 22.7 Å². The predicted molar refractivity (Wildman–Crippen MR) is 88.7 cm³/mol. The Hall–Kier alpha value is -2.33. The van der Waals surface area contributed by atoms with E-state index in [2.05, 4.69) is 5.32 Å². The van der Waals surface area contributed by atoms with Crippen LogP contribution in [0.1, 0.15) is 17.7 Å². The van der Waals surface area contributed by atoms with Crippen LogP contribution >= 0.6 is 0 Å². The predicted octanol–water partition coefficient (Wildman–Crippen LogP) is 3.09. The zero-order valence-corrected chi connectivity index (χ0v) is 14.6. The van der Waals surface area contributed by atoms with Crippen molar-refractivity contribution in [2.75, 3.05) is 18.1 Å². The molecule has 0 fully saturated rings. The number of sulfonamides is 1. The van der Waals surface area contributed by atoms with Gasteiger partial charge in [0.2, 0.25) is 15.9 Å². The van der Waals surface area contributed by atoms with Crippen LogP contribution < -0.4 is 5.32 Å². The maximum Gasteiger partial charge on any atom is 0.418 e. The Labute approximate surface area is 148 Å². The van der Waals surface area contributed by atoms with Crippen molar-refractivity contribution in [2.24, 2.45) is 0 Å². The van der Waals surface area contributed by atoms with Crippen molar-refractivity contribution < 1.29 is 30.8 Å². The molecule has 0 aliphatic rings. The normalized spacial score (nSPS) is 12.3. The number of nitrogens with one attached hydrogen (secondary N) is 1. The van der Waals surface area contributed by atoms with Gasteiger partial charge in [0.05, 0.1) is 30.3 Å². The Morgan fingerprint density at radius 2 is 1.88 bits per heavy atom. The van der Waals surface area contributed by atoms with Crippen molar-refractivity contribution in [2.45, 2.75) is 19.1 Å². The molecule has 1 N–H and O–H groups in total. The van der Waals surface area contributed by atoms with Gasteiger partial charge in [0, 0.05) is 13.0 Å². The summed E-state index contributed by atoms with van der Waals surface area (Å²) in [4.78, 5) is 12.0. The van der Waals surface area contributed by atoms with Gasteiger partial charge < -0.3 is 9.73 Å². The van der Waals surface area contributed by atoms with E-state index in [1.807, 2.05) is 0 Å². The molecule has 1 heterocycles. The number of para-hydroxylation sites is 1. The number of hydrogen-bond acceptors (Lipinski definition) is 4. The molecule has 142 valence electrons. The Kier molecular flexibility index (Phi) is 6.09. The Morgan fingerprint density at radius 1 is 1.19 bits per heavy atom. The lowest BCUT2D eigenvalue weighted by molar-refractivity contribution is -0.137.